The van der Waals surface area contributed by atoms with Crippen LogP contribution < -0.4 is 11.5 Å². The van der Waals surface area contributed by atoms with Gasteiger partial charge in [0, 0.05) is 17.9 Å². The number of anilines is 2. The van der Waals surface area contributed by atoms with Crippen LogP contribution in [-0.4, -0.2) is 20.7 Å². The van der Waals surface area contributed by atoms with Gasteiger partial charge in [0.25, 0.3) is 0 Å². The number of esters is 1. The van der Waals surface area contributed by atoms with Crippen molar-refractivity contribution in [2.45, 2.75) is 27.0 Å². The van der Waals surface area contributed by atoms with Crippen molar-refractivity contribution in [1.82, 2.24) is 14.8 Å². The van der Waals surface area contributed by atoms with E-state index in [1.165, 1.54) is 12.4 Å². The van der Waals surface area contributed by atoms with E-state index in [9.17, 15) is 4.79 Å². The zero-order chi connectivity index (χ0) is 15.4. The number of nitrogens with two attached hydrogens (primary N) is 2. The zero-order valence-electron chi connectivity index (χ0n) is 12.1. The molecule has 1 aromatic heterocycles. The molecule has 0 spiro atoms. The quantitative estimate of drug-likeness (QED) is 0.637. The molecule has 112 valence electrons. The summed E-state index contributed by atoms with van der Waals surface area (Å²) < 4.78 is 6.96. The third kappa shape index (κ3) is 3.71. The van der Waals surface area contributed by atoms with E-state index in [0.29, 0.717) is 28.7 Å². The SMILES string of the molecule is CC(C)Cn1ncnc1COC(=O)c1ccc(N)cc1N. The van der Waals surface area contributed by atoms with Gasteiger partial charge in [-0.25, -0.2) is 14.5 Å². The Kier molecular flexibility index (Phi) is 4.42. The average Bonchev–Trinajstić information content (AvgIpc) is 2.82. The van der Waals surface area contributed by atoms with Crippen LogP contribution in [0.5, 0.6) is 0 Å². The Morgan fingerprint density at radius 3 is 2.81 bits per heavy atom. The van der Waals surface area contributed by atoms with E-state index < -0.39 is 5.97 Å². The summed E-state index contributed by atoms with van der Waals surface area (Å²) in [7, 11) is 0. The Morgan fingerprint density at radius 1 is 1.38 bits per heavy atom. The topological polar surface area (TPSA) is 109 Å². The van der Waals surface area contributed by atoms with Crippen molar-refractivity contribution < 1.29 is 9.53 Å². The molecule has 0 aliphatic heterocycles. The summed E-state index contributed by atoms with van der Waals surface area (Å²) in [6.07, 6.45) is 1.45. The summed E-state index contributed by atoms with van der Waals surface area (Å²) in [5.41, 5.74) is 12.4. The van der Waals surface area contributed by atoms with Crippen LogP contribution in [0.4, 0.5) is 11.4 Å². The smallest absolute Gasteiger partial charge is 0.340 e. The number of carbonyl (C=O) groups is 1. The van der Waals surface area contributed by atoms with Gasteiger partial charge in [-0.2, -0.15) is 5.10 Å². The number of hydrogen-bond acceptors (Lipinski definition) is 6. The Balaban J connectivity index is 2.03. The molecule has 0 bridgehead atoms. The van der Waals surface area contributed by atoms with E-state index in [0.717, 1.165) is 6.54 Å². The zero-order valence-corrected chi connectivity index (χ0v) is 12.1. The first-order chi connectivity index (χ1) is 9.97. The van der Waals surface area contributed by atoms with Gasteiger partial charge in [0.2, 0.25) is 0 Å². The van der Waals surface area contributed by atoms with Crippen LogP contribution in [0.3, 0.4) is 0 Å². The Labute approximate surface area is 122 Å². The summed E-state index contributed by atoms with van der Waals surface area (Å²) in [6, 6.07) is 4.68. The van der Waals surface area contributed by atoms with Crippen molar-refractivity contribution in [2.24, 2.45) is 5.92 Å². The van der Waals surface area contributed by atoms with Gasteiger partial charge in [0.15, 0.2) is 12.4 Å². The predicted octanol–water partition coefficient (Wildman–Crippen LogP) is 1.46. The van der Waals surface area contributed by atoms with E-state index in [4.69, 9.17) is 16.2 Å². The molecule has 1 aromatic carbocycles. The van der Waals surface area contributed by atoms with Gasteiger partial charge >= 0.3 is 5.97 Å². The first kappa shape index (κ1) is 14.8. The van der Waals surface area contributed by atoms with Crippen LogP contribution >= 0.6 is 0 Å². The van der Waals surface area contributed by atoms with Crippen LogP contribution in [-0.2, 0) is 17.9 Å². The van der Waals surface area contributed by atoms with E-state index in [1.807, 2.05) is 0 Å². The van der Waals surface area contributed by atoms with Gasteiger partial charge < -0.3 is 16.2 Å². The van der Waals surface area contributed by atoms with Crippen LogP contribution in [0.1, 0.15) is 30.0 Å². The van der Waals surface area contributed by atoms with Crippen LogP contribution in [0, 0.1) is 5.92 Å². The molecule has 0 radical (unpaired) electrons. The maximum Gasteiger partial charge on any atom is 0.340 e. The first-order valence-electron chi connectivity index (χ1n) is 6.66. The van der Waals surface area contributed by atoms with Gasteiger partial charge in [0.1, 0.15) is 6.33 Å². The van der Waals surface area contributed by atoms with E-state index in [2.05, 4.69) is 23.9 Å². The normalized spacial score (nSPS) is 10.8. The van der Waals surface area contributed by atoms with Crippen LogP contribution in [0.25, 0.3) is 0 Å². The Hall–Kier alpha value is -2.57. The molecule has 2 rings (SSSR count). The third-order valence-electron chi connectivity index (χ3n) is 2.86. The molecule has 0 saturated carbocycles. The summed E-state index contributed by atoms with van der Waals surface area (Å²) in [5.74, 6) is 0.520. The second-order valence-electron chi connectivity index (χ2n) is 5.18. The number of ether oxygens (including phenoxy) is 1. The van der Waals surface area contributed by atoms with Gasteiger partial charge in [0.05, 0.1) is 5.56 Å². The maximum absolute atomic E-state index is 12.0. The molecule has 0 aliphatic rings. The largest absolute Gasteiger partial charge is 0.454 e. The molecule has 0 atom stereocenters. The highest BCUT2D eigenvalue weighted by atomic mass is 16.5. The van der Waals surface area contributed by atoms with Gasteiger partial charge in [-0.3, -0.25) is 0 Å². The number of hydrogen-bond donors (Lipinski definition) is 2. The minimum atomic E-state index is -0.508. The van der Waals surface area contributed by atoms with E-state index >= 15 is 0 Å². The van der Waals surface area contributed by atoms with Crippen molar-refractivity contribution in [3.8, 4) is 0 Å². The van der Waals surface area contributed by atoms with Crippen LogP contribution in [0.2, 0.25) is 0 Å². The second-order valence-corrected chi connectivity index (χ2v) is 5.18. The standard InChI is InChI=1S/C14H19N5O2/c1-9(2)6-19-13(17-8-18-19)7-21-14(20)11-4-3-10(15)5-12(11)16/h3-5,8-9H,6-7,15-16H2,1-2H3. The first-order valence-corrected chi connectivity index (χ1v) is 6.66. The maximum atomic E-state index is 12.0. The fourth-order valence-electron chi connectivity index (χ4n) is 1.87. The molecule has 0 amide bonds. The fraction of sp³-hybridized carbons (Fsp3) is 0.357. The molecule has 0 unspecified atom stereocenters. The number of nitrogen functional groups attached to an aromatic ring is 2. The van der Waals surface area contributed by atoms with Gasteiger partial charge in [-0.15, -0.1) is 0 Å². The number of rotatable bonds is 5. The highest BCUT2D eigenvalue weighted by Gasteiger charge is 2.14. The minimum absolute atomic E-state index is 0.0510. The third-order valence-corrected chi connectivity index (χ3v) is 2.86. The van der Waals surface area contributed by atoms with Gasteiger partial charge in [-0.05, 0) is 24.1 Å². The lowest BCUT2D eigenvalue weighted by Crippen LogP contribution is -2.14. The lowest BCUT2D eigenvalue weighted by atomic mass is 10.1. The van der Waals surface area contributed by atoms with Crippen molar-refractivity contribution in [1.29, 1.82) is 0 Å². The highest BCUT2D eigenvalue weighted by molar-refractivity contribution is 5.95. The molecule has 0 saturated heterocycles. The molecule has 0 aliphatic carbocycles. The van der Waals surface area contributed by atoms with Crippen LogP contribution in [0.15, 0.2) is 24.5 Å². The van der Waals surface area contributed by atoms with E-state index in [-0.39, 0.29) is 6.61 Å². The monoisotopic (exact) mass is 289 g/mol. The minimum Gasteiger partial charge on any atom is -0.454 e. The van der Waals surface area contributed by atoms with Crippen molar-refractivity contribution >= 4 is 17.3 Å². The number of carbonyl (C=O) groups excluding carboxylic acids is 1. The predicted molar refractivity (Wildman–Crippen MR) is 79.2 cm³/mol. The molecule has 21 heavy (non-hydrogen) atoms. The molecule has 1 heterocycles. The summed E-state index contributed by atoms with van der Waals surface area (Å²) >= 11 is 0. The van der Waals surface area contributed by atoms with Crippen molar-refractivity contribution in [3.05, 3.63) is 35.9 Å². The number of aromatic nitrogens is 3. The lowest BCUT2D eigenvalue weighted by molar-refractivity contribution is 0.0457. The molecular weight excluding hydrogens is 270 g/mol. The highest BCUT2D eigenvalue weighted by Crippen LogP contribution is 2.17. The van der Waals surface area contributed by atoms with Crippen molar-refractivity contribution in [2.75, 3.05) is 11.5 Å². The molecule has 0 fully saturated rings. The summed E-state index contributed by atoms with van der Waals surface area (Å²) in [4.78, 5) is 16.1. The molecule has 7 nitrogen and oxygen atoms in total. The molecule has 2 aromatic rings. The van der Waals surface area contributed by atoms with Gasteiger partial charge in [-0.1, -0.05) is 13.8 Å². The molecule has 7 heteroatoms. The second kappa shape index (κ2) is 6.25. The fourth-order valence-corrected chi connectivity index (χ4v) is 1.87. The van der Waals surface area contributed by atoms with E-state index in [1.54, 1.807) is 16.8 Å². The number of benzene rings is 1. The molecule has 4 N–H and O–H groups in total. The lowest BCUT2D eigenvalue weighted by Gasteiger charge is -2.10. The summed E-state index contributed by atoms with van der Waals surface area (Å²) in [5, 5.41) is 4.11. The van der Waals surface area contributed by atoms with Crippen molar-refractivity contribution in [3.63, 3.8) is 0 Å². The number of nitrogens with zero attached hydrogens (tertiary/aromatic N) is 3. The molecular formula is C14H19N5O2. The Bertz CT molecular complexity index is 636. The average molecular weight is 289 g/mol. The Morgan fingerprint density at radius 2 is 2.14 bits per heavy atom. The summed E-state index contributed by atoms with van der Waals surface area (Å²) in [6.45, 7) is 4.92.